The second-order valence-electron chi connectivity index (χ2n) is 2.83. The number of nitrogens with two attached hydrogens (primary N) is 2. The van der Waals surface area contributed by atoms with Crippen molar-refractivity contribution in [1.29, 1.82) is 0 Å². The normalized spacial score (nSPS) is 10.1. The molecule has 0 aromatic carbocycles. The van der Waals surface area contributed by atoms with Crippen molar-refractivity contribution in [3.8, 4) is 0 Å². The van der Waals surface area contributed by atoms with Crippen molar-refractivity contribution in [1.82, 2.24) is 15.0 Å². The van der Waals surface area contributed by atoms with Gasteiger partial charge in [0.05, 0.1) is 0 Å². The number of hydrogen-bond donors (Lipinski definition) is 3. The molecule has 0 aliphatic heterocycles. The number of hydrogen-bond acceptors (Lipinski definition) is 7. The minimum Gasteiger partial charge on any atom is -0.368 e. The van der Waals surface area contributed by atoms with Crippen molar-refractivity contribution >= 4 is 17.8 Å². The third-order valence-electron chi connectivity index (χ3n) is 1.61. The second-order valence-corrected chi connectivity index (χ2v) is 2.83. The summed E-state index contributed by atoms with van der Waals surface area (Å²) < 4.78 is 0. The van der Waals surface area contributed by atoms with E-state index < -0.39 is 0 Å². The van der Waals surface area contributed by atoms with E-state index in [1.807, 2.05) is 6.92 Å². The van der Waals surface area contributed by atoms with Crippen LogP contribution in [-0.4, -0.2) is 26.7 Å². The molecular weight excluding hydrogens is 184 g/mol. The standard InChI is InChI=1S/C7H14N6O/c1-2-3-4-13(14)7-11-5(8)10-6(9)12-7/h14H,2-4H2,1H3,(H4,8,9,10,11,12). The number of hydroxylamine groups is 1. The Morgan fingerprint density at radius 1 is 1.21 bits per heavy atom. The summed E-state index contributed by atoms with van der Waals surface area (Å²) in [6.45, 7) is 2.46. The number of rotatable bonds is 4. The van der Waals surface area contributed by atoms with Crippen LogP contribution in [0.4, 0.5) is 17.8 Å². The molecule has 5 N–H and O–H groups in total. The predicted octanol–water partition coefficient (Wildman–Crippen LogP) is 0.0317. The Morgan fingerprint density at radius 2 is 1.79 bits per heavy atom. The van der Waals surface area contributed by atoms with Crippen LogP contribution in [-0.2, 0) is 0 Å². The first kappa shape index (κ1) is 10.5. The highest BCUT2D eigenvalue weighted by molar-refractivity contribution is 5.37. The lowest BCUT2D eigenvalue weighted by atomic mass is 10.3. The van der Waals surface area contributed by atoms with Crippen LogP contribution in [0.5, 0.6) is 0 Å². The lowest BCUT2D eigenvalue weighted by Gasteiger charge is -2.13. The van der Waals surface area contributed by atoms with Crippen LogP contribution in [0.3, 0.4) is 0 Å². The van der Waals surface area contributed by atoms with E-state index in [2.05, 4.69) is 15.0 Å². The van der Waals surface area contributed by atoms with Gasteiger partial charge in [0.25, 0.3) is 5.95 Å². The highest BCUT2D eigenvalue weighted by Crippen LogP contribution is 2.08. The number of aromatic nitrogens is 3. The van der Waals surface area contributed by atoms with E-state index in [0.717, 1.165) is 17.9 Å². The fourth-order valence-electron chi connectivity index (χ4n) is 0.921. The van der Waals surface area contributed by atoms with Crippen LogP contribution in [0.25, 0.3) is 0 Å². The maximum Gasteiger partial charge on any atom is 0.256 e. The zero-order chi connectivity index (χ0) is 10.6. The molecule has 1 aromatic heterocycles. The summed E-state index contributed by atoms with van der Waals surface area (Å²) in [5, 5.41) is 10.4. The molecule has 1 aromatic rings. The topological polar surface area (TPSA) is 114 Å². The molecule has 0 amide bonds. The van der Waals surface area contributed by atoms with Gasteiger partial charge in [-0.1, -0.05) is 13.3 Å². The average Bonchev–Trinajstić information content (AvgIpc) is 2.12. The number of anilines is 3. The number of nitrogen functional groups attached to an aromatic ring is 2. The van der Waals surface area contributed by atoms with E-state index in [-0.39, 0.29) is 17.8 Å². The molecular formula is C7H14N6O. The molecule has 0 saturated carbocycles. The molecule has 14 heavy (non-hydrogen) atoms. The Balaban J connectivity index is 2.73. The zero-order valence-corrected chi connectivity index (χ0v) is 8.01. The maximum absolute atomic E-state index is 9.47. The summed E-state index contributed by atoms with van der Waals surface area (Å²) >= 11 is 0. The van der Waals surface area contributed by atoms with Gasteiger partial charge >= 0.3 is 0 Å². The van der Waals surface area contributed by atoms with Crippen LogP contribution in [0, 0.1) is 0 Å². The van der Waals surface area contributed by atoms with Gasteiger partial charge in [0.1, 0.15) is 0 Å². The highest BCUT2D eigenvalue weighted by Gasteiger charge is 2.08. The van der Waals surface area contributed by atoms with Crippen LogP contribution < -0.4 is 16.5 Å². The summed E-state index contributed by atoms with van der Waals surface area (Å²) in [4.78, 5) is 11.1. The third-order valence-corrected chi connectivity index (χ3v) is 1.61. The fraction of sp³-hybridized carbons (Fsp3) is 0.571. The van der Waals surface area contributed by atoms with Gasteiger partial charge in [-0.05, 0) is 6.42 Å². The van der Waals surface area contributed by atoms with Gasteiger partial charge in [-0.2, -0.15) is 15.0 Å². The van der Waals surface area contributed by atoms with Crippen LogP contribution in [0.1, 0.15) is 19.8 Å². The monoisotopic (exact) mass is 198 g/mol. The van der Waals surface area contributed by atoms with E-state index in [4.69, 9.17) is 11.5 Å². The first-order chi connectivity index (χ1) is 6.63. The SMILES string of the molecule is CCCCN(O)c1nc(N)nc(N)n1. The van der Waals surface area contributed by atoms with Gasteiger partial charge in [-0.15, -0.1) is 0 Å². The van der Waals surface area contributed by atoms with Gasteiger partial charge in [-0.3, -0.25) is 5.21 Å². The van der Waals surface area contributed by atoms with E-state index in [1.165, 1.54) is 0 Å². The summed E-state index contributed by atoms with van der Waals surface area (Å²) in [6, 6.07) is 0. The molecule has 0 aliphatic rings. The van der Waals surface area contributed by atoms with Gasteiger partial charge in [0.2, 0.25) is 11.9 Å². The lowest BCUT2D eigenvalue weighted by Crippen LogP contribution is -2.23. The molecule has 7 nitrogen and oxygen atoms in total. The van der Waals surface area contributed by atoms with E-state index in [0.29, 0.717) is 6.54 Å². The van der Waals surface area contributed by atoms with Crippen LogP contribution >= 0.6 is 0 Å². The molecule has 0 bridgehead atoms. The largest absolute Gasteiger partial charge is 0.368 e. The van der Waals surface area contributed by atoms with Crippen molar-refractivity contribution < 1.29 is 5.21 Å². The number of unbranched alkanes of at least 4 members (excludes halogenated alkanes) is 1. The quantitative estimate of drug-likeness (QED) is 0.585. The first-order valence-corrected chi connectivity index (χ1v) is 4.37. The zero-order valence-electron chi connectivity index (χ0n) is 8.01. The minimum atomic E-state index is 0.00282. The Labute approximate surface area is 81.7 Å². The van der Waals surface area contributed by atoms with Gasteiger partial charge < -0.3 is 11.5 Å². The van der Waals surface area contributed by atoms with E-state index in [1.54, 1.807) is 0 Å². The summed E-state index contributed by atoms with van der Waals surface area (Å²) in [5.74, 6) is 0.0922. The summed E-state index contributed by atoms with van der Waals surface area (Å²) in [7, 11) is 0. The molecule has 0 aliphatic carbocycles. The Kier molecular flexibility index (Phi) is 3.41. The third kappa shape index (κ3) is 2.70. The number of nitrogens with zero attached hydrogens (tertiary/aromatic N) is 4. The van der Waals surface area contributed by atoms with Crippen molar-refractivity contribution in [2.75, 3.05) is 23.1 Å². The molecule has 0 saturated heterocycles. The van der Waals surface area contributed by atoms with E-state index in [9.17, 15) is 5.21 Å². The van der Waals surface area contributed by atoms with Crippen LogP contribution in [0.2, 0.25) is 0 Å². The minimum absolute atomic E-state index is 0.00282. The predicted molar refractivity (Wildman–Crippen MR) is 52.7 cm³/mol. The van der Waals surface area contributed by atoms with Crippen molar-refractivity contribution in [2.24, 2.45) is 0 Å². The molecule has 0 atom stereocenters. The van der Waals surface area contributed by atoms with Crippen LogP contribution in [0.15, 0.2) is 0 Å². The summed E-state index contributed by atoms with van der Waals surface area (Å²) in [5.41, 5.74) is 10.7. The van der Waals surface area contributed by atoms with Crippen molar-refractivity contribution in [3.05, 3.63) is 0 Å². The average molecular weight is 198 g/mol. The van der Waals surface area contributed by atoms with Gasteiger partial charge in [0.15, 0.2) is 0 Å². The second kappa shape index (κ2) is 4.56. The molecule has 7 heteroatoms. The van der Waals surface area contributed by atoms with Gasteiger partial charge in [0, 0.05) is 6.54 Å². The Bertz CT molecular complexity index is 284. The van der Waals surface area contributed by atoms with Crippen molar-refractivity contribution in [2.45, 2.75) is 19.8 Å². The summed E-state index contributed by atoms with van der Waals surface area (Å²) in [6.07, 6.45) is 1.80. The maximum atomic E-state index is 9.47. The highest BCUT2D eigenvalue weighted by atomic mass is 16.5. The lowest BCUT2D eigenvalue weighted by molar-refractivity contribution is 0.245. The molecule has 1 rings (SSSR count). The molecule has 0 spiro atoms. The molecule has 0 radical (unpaired) electrons. The Hall–Kier alpha value is -1.63. The molecule has 0 fully saturated rings. The molecule has 1 heterocycles. The Morgan fingerprint density at radius 3 is 2.29 bits per heavy atom. The molecule has 0 unspecified atom stereocenters. The fourth-order valence-corrected chi connectivity index (χ4v) is 0.921. The molecule has 78 valence electrons. The van der Waals surface area contributed by atoms with Gasteiger partial charge in [-0.25, -0.2) is 5.06 Å². The van der Waals surface area contributed by atoms with E-state index >= 15 is 0 Å². The van der Waals surface area contributed by atoms with Crippen molar-refractivity contribution in [3.63, 3.8) is 0 Å². The first-order valence-electron chi connectivity index (χ1n) is 4.37. The smallest absolute Gasteiger partial charge is 0.256 e.